The zero-order valence-electron chi connectivity index (χ0n) is 13.7. The van der Waals surface area contributed by atoms with Gasteiger partial charge in [-0.2, -0.15) is 0 Å². The summed E-state index contributed by atoms with van der Waals surface area (Å²) in [5.74, 6) is 0.456. The van der Waals surface area contributed by atoms with E-state index in [4.69, 9.17) is 4.74 Å². The van der Waals surface area contributed by atoms with Crippen LogP contribution >= 0.6 is 0 Å². The Morgan fingerprint density at radius 3 is 2.82 bits per heavy atom. The van der Waals surface area contributed by atoms with E-state index >= 15 is 0 Å². The van der Waals surface area contributed by atoms with Gasteiger partial charge >= 0.3 is 6.03 Å². The van der Waals surface area contributed by atoms with Crippen molar-refractivity contribution < 1.29 is 9.53 Å². The Bertz CT molecular complexity index is 468. The highest BCUT2D eigenvalue weighted by molar-refractivity contribution is 5.89. The van der Waals surface area contributed by atoms with Crippen LogP contribution in [-0.2, 0) is 4.74 Å². The first kappa shape index (κ1) is 16.8. The molecule has 1 aliphatic carbocycles. The Balaban J connectivity index is 1.62. The minimum atomic E-state index is -0.151. The fourth-order valence-corrected chi connectivity index (χ4v) is 2.73. The minimum absolute atomic E-state index is 0.151. The van der Waals surface area contributed by atoms with Crippen LogP contribution in [0.1, 0.15) is 57.4 Å². The molecule has 4 heteroatoms. The second-order valence-corrected chi connectivity index (χ2v) is 6.29. The maximum Gasteiger partial charge on any atom is 0.319 e. The van der Waals surface area contributed by atoms with E-state index in [0.717, 1.165) is 18.7 Å². The molecule has 1 fully saturated rings. The Labute approximate surface area is 133 Å². The number of hydrogen-bond acceptors (Lipinski definition) is 2. The van der Waals surface area contributed by atoms with Gasteiger partial charge < -0.3 is 15.4 Å². The van der Waals surface area contributed by atoms with Crippen LogP contribution in [-0.4, -0.2) is 25.3 Å². The van der Waals surface area contributed by atoms with E-state index in [0.29, 0.717) is 18.6 Å². The number of urea groups is 1. The molecule has 0 unspecified atom stereocenters. The van der Waals surface area contributed by atoms with Gasteiger partial charge in [-0.25, -0.2) is 4.79 Å². The molecule has 0 aromatic heterocycles. The third kappa shape index (κ3) is 5.68. The van der Waals surface area contributed by atoms with Crippen molar-refractivity contribution in [3.63, 3.8) is 0 Å². The molecule has 2 rings (SSSR count). The monoisotopic (exact) mass is 304 g/mol. The predicted octanol–water partition coefficient (Wildman–Crippen LogP) is 4.28. The molecule has 0 heterocycles. The second kappa shape index (κ2) is 8.79. The SMILES string of the molecule is CC(C)c1cccc(NC(=O)NCCCOC2CCCC2)c1. The lowest BCUT2D eigenvalue weighted by Crippen LogP contribution is -2.30. The largest absolute Gasteiger partial charge is 0.378 e. The molecule has 1 saturated carbocycles. The highest BCUT2D eigenvalue weighted by Gasteiger charge is 2.14. The topological polar surface area (TPSA) is 50.4 Å². The number of nitrogens with one attached hydrogen (secondary N) is 2. The summed E-state index contributed by atoms with van der Waals surface area (Å²) in [6, 6.07) is 7.83. The van der Waals surface area contributed by atoms with Crippen LogP contribution < -0.4 is 10.6 Å². The number of rotatable bonds is 7. The van der Waals surface area contributed by atoms with Gasteiger partial charge in [0, 0.05) is 18.8 Å². The number of carbonyl (C=O) groups excluding carboxylic acids is 1. The van der Waals surface area contributed by atoms with Crippen molar-refractivity contribution in [1.29, 1.82) is 0 Å². The molecule has 0 atom stereocenters. The minimum Gasteiger partial charge on any atom is -0.378 e. The third-order valence-electron chi connectivity index (χ3n) is 4.07. The summed E-state index contributed by atoms with van der Waals surface area (Å²) in [6.07, 6.45) is 6.28. The van der Waals surface area contributed by atoms with Gasteiger partial charge in [-0.05, 0) is 42.9 Å². The first-order valence-electron chi connectivity index (χ1n) is 8.41. The highest BCUT2D eigenvalue weighted by atomic mass is 16.5. The highest BCUT2D eigenvalue weighted by Crippen LogP contribution is 2.21. The van der Waals surface area contributed by atoms with Crippen molar-refractivity contribution >= 4 is 11.7 Å². The second-order valence-electron chi connectivity index (χ2n) is 6.29. The molecule has 0 saturated heterocycles. The summed E-state index contributed by atoms with van der Waals surface area (Å²) in [5.41, 5.74) is 2.06. The zero-order valence-corrected chi connectivity index (χ0v) is 13.7. The first-order chi connectivity index (χ1) is 10.6. The van der Waals surface area contributed by atoms with E-state index in [9.17, 15) is 4.79 Å². The first-order valence-corrected chi connectivity index (χ1v) is 8.41. The predicted molar refractivity (Wildman–Crippen MR) is 90.4 cm³/mol. The average Bonchev–Trinajstić information content (AvgIpc) is 3.00. The lowest BCUT2D eigenvalue weighted by atomic mass is 10.0. The van der Waals surface area contributed by atoms with Crippen molar-refractivity contribution in [2.45, 2.75) is 58.0 Å². The van der Waals surface area contributed by atoms with Crippen LogP contribution in [0.15, 0.2) is 24.3 Å². The standard InChI is InChI=1S/C18H28N2O2/c1-14(2)15-7-5-8-16(13-15)20-18(21)19-11-6-12-22-17-9-3-4-10-17/h5,7-8,13-14,17H,3-4,6,9-12H2,1-2H3,(H2,19,20,21). The molecular weight excluding hydrogens is 276 g/mol. The van der Waals surface area contributed by atoms with E-state index in [1.54, 1.807) is 0 Å². The van der Waals surface area contributed by atoms with Gasteiger partial charge in [-0.15, -0.1) is 0 Å². The number of hydrogen-bond donors (Lipinski definition) is 2. The van der Waals surface area contributed by atoms with Crippen molar-refractivity contribution in [3.05, 3.63) is 29.8 Å². The Morgan fingerprint density at radius 1 is 1.32 bits per heavy atom. The molecule has 1 aliphatic rings. The van der Waals surface area contributed by atoms with Crippen LogP contribution in [0, 0.1) is 0 Å². The number of carbonyl (C=O) groups is 1. The maximum absolute atomic E-state index is 11.8. The quantitative estimate of drug-likeness (QED) is 0.739. The van der Waals surface area contributed by atoms with Crippen molar-refractivity contribution in [3.8, 4) is 0 Å². The fourth-order valence-electron chi connectivity index (χ4n) is 2.73. The molecule has 2 amide bonds. The van der Waals surface area contributed by atoms with Crippen LogP contribution in [0.5, 0.6) is 0 Å². The number of amides is 2. The average molecular weight is 304 g/mol. The lowest BCUT2D eigenvalue weighted by molar-refractivity contribution is 0.0572. The molecule has 122 valence electrons. The Hall–Kier alpha value is -1.55. The molecule has 4 nitrogen and oxygen atoms in total. The molecule has 0 bridgehead atoms. The number of ether oxygens (including phenoxy) is 1. The molecule has 1 aromatic carbocycles. The normalized spacial score (nSPS) is 15.2. The van der Waals surface area contributed by atoms with E-state index in [1.807, 2.05) is 18.2 Å². The smallest absolute Gasteiger partial charge is 0.319 e. The summed E-state index contributed by atoms with van der Waals surface area (Å²) in [7, 11) is 0. The van der Waals surface area contributed by atoms with Gasteiger partial charge in [0.05, 0.1) is 6.10 Å². The van der Waals surface area contributed by atoms with Crippen LogP contribution in [0.3, 0.4) is 0 Å². The zero-order chi connectivity index (χ0) is 15.8. The fraction of sp³-hybridized carbons (Fsp3) is 0.611. The van der Waals surface area contributed by atoms with Gasteiger partial charge in [0.15, 0.2) is 0 Å². The summed E-state index contributed by atoms with van der Waals surface area (Å²) >= 11 is 0. The van der Waals surface area contributed by atoms with Crippen LogP contribution in [0.4, 0.5) is 10.5 Å². The van der Waals surface area contributed by atoms with Gasteiger partial charge in [0.2, 0.25) is 0 Å². The summed E-state index contributed by atoms with van der Waals surface area (Å²) in [4.78, 5) is 11.8. The number of anilines is 1. The summed E-state index contributed by atoms with van der Waals surface area (Å²) in [6.45, 7) is 5.66. The van der Waals surface area contributed by atoms with E-state index in [2.05, 4.69) is 30.5 Å². The van der Waals surface area contributed by atoms with E-state index < -0.39 is 0 Å². The van der Waals surface area contributed by atoms with Crippen molar-refractivity contribution in [2.75, 3.05) is 18.5 Å². The number of benzene rings is 1. The molecular formula is C18H28N2O2. The van der Waals surface area contributed by atoms with Gasteiger partial charge in [0.1, 0.15) is 0 Å². The third-order valence-corrected chi connectivity index (χ3v) is 4.07. The van der Waals surface area contributed by atoms with Crippen LogP contribution in [0.2, 0.25) is 0 Å². The molecule has 1 aromatic rings. The molecule has 0 radical (unpaired) electrons. The van der Waals surface area contributed by atoms with Gasteiger partial charge in [-0.1, -0.05) is 38.8 Å². The van der Waals surface area contributed by atoms with E-state index in [-0.39, 0.29) is 6.03 Å². The summed E-state index contributed by atoms with van der Waals surface area (Å²) in [5, 5.41) is 5.75. The van der Waals surface area contributed by atoms with Crippen molar-refractivity contribution in [2.24, 2.45) is 0 Å². The maximum atomic E-state index is 11.8. The molecule has 0 aliphatic heterocycles. The van der Waals surface area contributed by atoms with Crippen LogP contribution in [0.25, 0.3) is 0 Å². The van der Waals surface area contributed by atoms with Gasteiger partial charge in [0.25, 0.3) is 0 Å². The molecule has 0 spiro atoms. The lowest BCUT2D eigenvalue weighted by Gasteiger charge is -2.12. The Kier molecular flexibility index (Phi) is 6.72. The van der Waals surface area contributed by atoms with E-state index in [1.165, 1.54) is 31.2 Å². The van der Waals surface area contributed by atoms with Gasteiger partial charge in [-0.3, -0.25) is 0 Å². The molecule has 2 N–H and O–H groups in total. The summed E-state index contributed by atoms with van der Waals surface area (Å²) < 4.78 is 5.77. The Morgan fingerprint density at radius 2 is 2.09 bits per heavy atom. The van der Waals surface area contributed by atoms with Crippen molar-refractivity contribution in [1.82, 2.24) is 5.32 Å². The molecule has 22 heavy (non-hydrogen) atoms.